The van der Waals surface area contributed by atoms with Crippen molar-refractivity contribution < 1.29 is 19.1 Å². The minimum atomic E-state index is -0.293. The van der Waals surface area contributed by atoms with Gasteiger partial charge in [-0.25, -0.2) is 0 Å². The highest BCUT2D eigenvalue weighted by atomic mass is 35.5. The maximum absolute atomic E-state index is 12.1. The highest BCUT2D eigenvalue weighted by Crippen LogP contribution is 2.27. The fraction of sp³-hybridized carbons (Fsp3) is 0.167. The molecular weight excluding hydrogens is 416 g/mol. The van der Waals surface area contributed by atoms with Crippen LogP contribution >= 0.6 is 11.6 Å². The number of benzene rings is 3. The van der Waals surface area contributed by atoms with Crippen molar-refractivity contribution >= 4 is 23.4 Å². The lowest BCUT2D eigenvalue weighted by atomic mass is 10.2. The van der Waals surface area contributed by atoms with E-state index in [9.17, 15) is 9.59 Å². The number of halogens is 1. The molecule has 0 bridgehead atoms. The van der Waals surface area contributed by atoms with Gasteiger partial charge in [-0.2, -0.15) is 0 Å². The molecule has 0 fully saturated rings. The van der Waals surface area contributed by atoms with E-state index in [1.54, 1.807) is 36.4 Å². The van der Waals surface area contributed by atoms with Crippen LogP contribution in [-0.4, -0.2) is 31.5 Å². The van der Waals surface area contributed by atoms with Crippen LogP contribution in [0.1, 0.15) is 15.9 Å². The summed E-state index contributed by atoms with van der Waals surface area (Å²) in [5.41, 5.74) is 1.54. The van der Waals surface area contributed by atoms with Crippen molar-refractivity contribution in [2.75, 3.05) is 19.7 Å². The van der Waals surface area contributed by atoms with Crippen molar-refractivity contribution in [2.24, 2.45) is 0 Å². The monoisotopic (exact) mass is 438 g/mol. The molecule has 31 heavy (non-hydrogen) atoms. The van der Waals surface area contributed by atoms with Gasteiger partial charge < -0.3 is 20.1 Å². The lowest BCUT2D eigenvalue weighted by Gasteiger charge is -2.13. The van der Waals surface area contributed by atoms with E-state index >= 15 is 0 Å². The Morgan fingerprint density at radius 1 is 0.742 bits per heavy atom. The van der Waals surface area contributed by atoms with Gasteiger partial charge in [0, 0.05) is 23.7 Å². The molecule has 0 radical (unpaired) electrons. The van der Waals surface area contributed by atoms with Crippen molar-refractivity contribution in [1.82, 2.24) is 10.6 Å². The van der Waals surface area contributed by atoms with Gasteiger partial charge in [-0.3, -0.25) is 9.59 Å². The Balaban J connectivity index is 1.38. The molecule has 0 spiro atoms. The molecule has 0 atom stereocenters. The SMILES string of the molecule is O=C(COc1ccccc1OCc1ccccc1)NCCNC(=O)c1ccc(Cl)cc1. The first-order chi connectivity index (χ1) is 15.1. The third kappa shape index (κ3) is 7.35. The number of hydrogen-bond acceptors (Lipinski definition) is 4. The number of carbonyl (C=O) groups is 2. The fourth-order valence-corrected chi connectivity index (χ4v) is 2.83. The Hall–Kier alpha value is -3.51. The summed E-state index contributed by atoms with van der Waals surface area (Å²) in [7, 11) is 0. The molecule has 3 aromatic rings. The first-order valence-electron chi connectivity index (χ1n) is 9.81. The van der Waals surface area contributed by atoms with Gasteiger partial charge in [0.05, 0.1) is 0 Å². The first-order valence-corrected chi connectivity index (χ1v) is 10.2. The molecule has 0 saturated carbocycles. The number of carbonyl (C=O) groups excluding carboxylic acids is 2. The van der Waals surface area contributed by atoms with Gasteiger partial charge >= 0.3 is 0 Å². The van der Waals surface area contributed by atoms with Gasteiger partial charge in [-0.1, -0.05) is 54.1 Å². The van der Waals surface area contributed by atoms with E-state index in [0.29, 0.717) is 35.2 Å². The second-order valence-electron chi connectivity index (χ2n) is 6.62. The molecule has 3 aromatic carbocycles. The molecular formula is C24H23ClN2O4. The summed E-state index contributed by atoms with van der Waals surface area (Å²) in [6.45, 7) is 0.829. The molecule has 0 aliphatic heterocycles. The van der Waals surface area contributed by atoms with E-state index in [0.717, 1.165) is 5.56 Å². The number of para-hydroxylation sites is 2. The number of ether oxygens (including phenoxy) is 2. The third-order valence-corrected chi connectivity index (χ3v) is 4.54. The van der Waals surface area contributed by atoms with Crippen LogP contribution < -0.4 is 20.1 Å². The van der Waals surface area contributed by atoms with Gasteiger partial charge in [0.25, 0.3) is 11.8 Å². The Morgan fingerprint density at radius 2 is 1.35 bits per heavy atom. The quantitative estimate of drug-likeness (QED) is 0.471. The Morgan fingerprint density at radius 3 is 2.06 bits per heavy atom. The molecule has 0 aliphatic rings. The normalized spacial score (nSPS) is 10.2. The van der Waals surface area contributed by atoms with Crippen LogP contribution in [0.5, 0.6) is 11.5 Å². The van der Waals surface area contributed by atoms with E-state index in [1.807, 2.05) is 42.5 Å². The number of rotatable bonds is 10. The lowest BCUT2D eigenvalue weighted by molar-refractivity contribution is -0.123. The summed E-state index contributed by atoms with van der Waals surface area (Å²) in [5.74, 6) is 0.532. The van der Waals surface area contributed by atoms with E-state index < -0.39 is 0 Å². The summed E-state index contributed by atoms with van der Waals surface area (Å²) in [6.07, 6.45) is 0. The molecule has 0 aliphatic carbocycles. The maximum atomic E-state index is 12.1. The Kier molecular flexibility index (Phi) is 8.31. The zero-order valence-corrected chi connectivity index (χ0v) is 17.6. The molecule has 7 heteroatoms. The number of nitrogens with one attached hydrogen (secondary N) is 2. The topological polar surface area (TPSA) is 76.7 Å². The predicted molar refractivity (Wildman–Crippen MR) is 120 cm³/mol. The second kappa shape index (κ2) is 11.6. The van der Waals surface area contributed by atoms with E-state index in [1.165, 1.54) is 0 Å². The van der Waals surface area contributed by atoms with Gasteiger partial charge in [0.1, 0.15) is 6.61 Å². The summed E-state index contributed by atoms with van der Waals surface area (Å²) in [4.78, 5) is 24.1. The number of hydrogen-bond donors (Lipinski definition) is 2. The standard InChI is InChI=1S/C24H23ClN2O4/c25-20-12-10-19(11-13-20)24(29)27-15-14-26-23(28)17-31-22-9-5-4-8-21(22)30-16-18-6-2-1-3-7-18/h1-13H,14-17H2,(H,26,28)(H,27,29). The van der Waals surface area contributed by atoms with Gasteiger partial charge in [0.15, 0.2) is 18.1 Å². The average Bonchev–Trinajstić information content (AvgIpc) is 2.80. The first kappa shape index (κ1) is 22.2. The van der Waals surface area contributed by atoms with Crippen LogP contribution in [-0.2, 0) is 11.4 Å². The highest BCUT2D eigenvalue weighted by Gasteiger charge is 2.09. The minimum absolute atomic E-state index is 0.156. The number of amides is 2. The van der Waals surface area contributed by atoms with Crippen molar-refractivity contribution in [3.8, 4) is 11.5 Å². The smallest absolute Gasteiger partial charge is 0.258 e. The van der Waals surface area contributed by atoms with Crippen LogP contribution in [0, 0.1) is 0 Å². The van der Waals surface area contributed by atoms with Gasteiger partial charge in [0.2, 0.25) is 0 Å². The minimum Gasteiger partial charge on any atom is -0.485 e. The van der Waals surface area contributed by atoms with Crippen molar-refractivity contribution in [3.63, 3.8) is 0 Å². The average molecular weight is 439 g/mol. The Labute approximate surface area is 186 Å². The lowest BCUT2D eigenvalue weighted by Crippen LogP contribution is -2.36. The van der Waals surface area contributed by atoms with Crippen LogP contribution in [0.25, 0.3) is 0 Å². The maximum Gasteiger partial charge on any atom is 0.258 e. The molecule has 160 valence electrons. The molecule has 2 amide bonds. The van der Waals surface area contributed by atoms with Gasteiger partial charge in [-0.15, -0.1) is 0 Å². The van der Waals surface area contributed by atoms with E-state index in [4.69, 9.17) is 21.1 Å². The molecule has 0 aromatic heterocycles. The van der Waals surface area contributed by atoms with Crippen LogP contribution in [0.4, 0.5) is 0 Å². The van der Waals surface area contributed by atoms with E-state index in [-0.39, 0.29) is 25.0 Å². The molecule has 0 saturated heterocycles. The largest absolute Gasteiger partial charge is 0.485 e. The summed E-state index contributed by atoms with van der Waals surface area (Å²) >= 11 is 5.81. The highest BCUT2D eigenvalue weighted by molar-refractivity contribution is 6.30. The third-order valence-electron chi connectivity index (χ3n) is 4.28. The van der Waals surface area contributed by atoms with Crippen LogP contribution in [0.3, 0.4) is 0 Å². The summed E-state index contributed by atoms with van der Waals surface area (Å²) in [5, 5.41) is 6.00. The molecule has 6 nitrogen and oxygen atoms in total. The van der Waals surface area contributed by atoms with E-state index in [2.05, 4.69) is 10.6 Å². The van der Waals surface area contributed by atoms with Crippen molar-refractivity contribution in [2.45, 2.75) is 6.61 Å². The zero-order valence-electron chi connectivity index (χ0n) is 16.8. The molecule has 3 rings (SSSR count). The summed E-state index contributed by atoms with van der Waals surface area (Å²) < 4.78 is 11.4. The van der Waals surface area contributed by atoms with Crippen LogP contribution in [0.2, 0.25) is 5.02 Å². The zero-order chi connectivity index (χ0) is 21.9. The molecule has 2 N–H and O–H groups in total. The van der Waals surface area contributed by atoms with Crippen LogP contribution in [0.15, 0.2) is 78.9 Å². The Bertz CT molecular complexity index is 994. The van der Waals surface area contributed by atoms with Crippen molar-refractivity contribution in [3.05, 3.63) is 95.0 Å². The van der Waals surface area contributed by atoms with Crippen molar-refractivity contribution in [1.29, 1.82) is 0 Å². The molecule has 0 heterocycles. The fourth-order valence-electron chi connectivity index (χ4n) is 2.70. The predicted octanol–water partition coefficient (Wildman–Crippen LogP) is 3.84. The van der Waals surface area contributed by atoms with Gasteiger partial charge in [-0.05, 0) is 42.0 Å². The summed E-state index contributed by atoms with van der Waals surface area (Å²) in [6, 6.07) is 23.6. The molecule has 0 unspecified atom stereocenters. The second-order valence-corrected chi connectivity index (χ2v) is 7.06.